The zero-order valence-corrected chi connectivity index (χ0v) is 13.7. The van der Waals surface area contributed by atoms with Crippen molar-refractivity contribution in [3.05, 3.63) is 26.9 Å². The predicted octanol–water partition coefficient (Wildman–Crippen LogP) is 4.66. The third kappa shape index (κ3) is 2.62. The number of aromatic amines is 1. The number of likely N-dealkylation sites (tertiary alicyclic amines) is 1. The van der Waals surface area contributed by atoms with Crippen LogP contribution in [0, 0.1) is 4.77 Å². The second kappa shape index (κ2) is 5.68. The van der Waals surface area contributed by atoms with E-state index in [1.165, 1.54) is 25.9 Å². The van der Waals surface area contributed by atoms with Gasteiger partial charge in [-0.15, -0.1) is 0 Å². The van der Waals surface area contributed by atoms with Gasteiger partial charge in [0.15, 0.2) is 4.77 Å². The average molecular weight is 330 g/mol. The van der Waals surface area contributed by atoms with Crippen LogP contribution in [0.2, 0.25) is 10.0 Å². The number of nitrogens with one attached hydrogen (secondary N) is 1. The predicted molar refractivity (Wildman–Crippen MR) is 87.5 cm³/mol. The molecule has 0 radical (unpaired) electrons. The summed E-state index contributed by atoms with van der Waals surface area (Å²) in [6.07, 6.45) is 2.60. The van der Waals surface area contributed by atoms with Gasteiger partial charge in [-0.05, 0) is 57.2 Å². The van der Waals surface area contributed by atoms with Crippen molar-refractivity contribution in [1.29, 1.82) is 0 Å². The summed E-state index contributed by atoms with van der Waals surface area (Å²) in [5.41, 5.74) is 1.97. The van der Waals surface area contributed by atoms with Crippen molar-refractivity contribution in [1.82, 2.24) is 14.5 Å². The highest BCUT2D eigenvalue weighted by atomic mass is 35.5. The van der Waals surface area contributed by atoms with Gasteiger partial charge in [0.1, 0.15) is 0 Å². The number of imidazole rings is 1. The lowest BCUT2D eigenvalue weighted by atomic mass is 10.2. The first-order chi connectivity index (χ1) is 9.56. The maximum Gasteiger partial charge on any atom is 0.178 e. The van der Waals surface area contributed by atoms with Gasteiger partial charge in [0.25, 0.3) is 0 Å². The molecule has 1 fully saturated rings. The SMILES string of the molecule is CC(CN1CCCC1)n1c(=S)[nH]c2cc(Cl)c(Cl)cc21. The van der Waals surface area contributed by atoms with Gasteiger partial charge in [0.2, 0.25) is 0 Å². The van der Waals surface area contributed by atoms with Gasteiger partial charge in [-0.2, -0.15) is 0 Å². The minimum Gasteiger partial charge on any atom is -0.331 e. The molecule has 2 aromatic rings. The minimum atomic E-state index is 0.312. The standard InChI is InChI=1S/C14H17Cl2N3S/c1-9(8-18-4-2-3-5-18)19-13-7-11(16)10(15)6-12(13)17-14(19)20/h6-7,9H,2-5,8H2,1H3,(H,17,20). The van der Waals surface area contributed by atoms with Crippen LogP contribution in [0.4, 0.5) is 0 Å². The maximum atomic E-state index is 6.14. The number of benzene rings is 1. The molecule has 1 aromatic heterocycles. The lowest BCUT2D eigenvalue weighted by molar-refractivity contribution is 0.289. The number of rotatable bonds is 3. The van der Waals surface area contributed by atoms with Crippen LogP contribution in [-0.4, -0.2) is 34.1 Å². The van der Waals surface area contributed by atoms with Crippen LogP contribution in [0.15, 0.2) is 12.1 Å². The molecule has 0 bridgehead atoms. The number of halogens is 2. The molecule has 1 unspecified atom stereocenters. The summed E-state index contributed by atoms with van der Waals surface area (Å²) < 4.78 is 2.87. The largest absolute Gasteiger partial charge is 0.331 e. The molecule has 1 aliphatic heterocycles. The highest BCUT2D eigenvalue weighted by Crippen LogP contribution is 2.29. The summed E-state index contributed by atoms with van der Waals surface area (Å²) in [4.78, 5) is 5.71. The lowest BCUT2D eigenvalue weighted by Crippen LogP contribution is -2.27. The fourth-order valence-electron chi connectivity index (χ4n) is 2.98. The second-order valence-corrected chi connectivity index (χ2v) is 6.64. The Morgan fingerprint density at radius 1 is 1.25 bits per heavy atom. The Morgan fingerprint density at radius 3 is 2.60 bits per heavy atom. The number of fused-ring (bicyclic) bond motifs is 1. The first kappa shape index (κ1) is 14.4. The number of hydrogen-bond acceptors (Lipinski definition) is 2. The molecule has 1 saturated heterocycles. The van der Waals surface area contributed by atoms with Crippen LogP contribution >= 0.6 is 35.4 Å². The maximum absolute atomic E-state index is 6.14. The summed E-state index contributed by atoms with van der Waals surface area (Å²) in [6, 6.07) is 4.05. The zero-order valence-electron chi connectivity index (χ0n) is 11.3. The van der Waals surface area contributed by atoms with Gasteiger partial charge in [-0.1, -0.05) is 23.2 Å². The Morgan fingerprint density at radius 2 is 1.90 bits per heavy atom. The van der Waals surface area contributed by atoms with Crippen molar-refractivity contribution in [2.45, 2.75) is 25.8 Å². The molecular formula is C14H17Cl2N3S. The molecular weight excluding hydrogens is 313 g/mol. The van der Waals surface area contributed by atoms with E-state index in [1.54, 1.807) is 0 Å². The molecule has 1 N–H and O–H groups in total. The first-order valence-corrected chi connectivity index (χ1v) is 8.04. The van der Waals surface area contributed by atoms with E-state index in [2.05, 4.69) is 21.4 Å². The quantitative estimate of drug-likeness (QED) is 0.828. The second-order valence-electron chi connectivity index (χ2n) is 5.44. The van der Waals surface area contributed by atoms with Gasteiger partial charge < -0.3 is 14.5 Å². The highest BCUT2D eigenvalue weighted by molar-refractivity contribution is 7.71. The van der Waals surface area contributed by atoms with E-state index in [0.29, 0.717) is 16.1 Å². The van der Waals surface area contributed by atoms with E-state index in [9.17, 15) is 0 Å². The Labute approximate surface area is 133 Å². The van der Waals surface area contributed by atoms with E-state index in [-0.39, 0.29) is 0 Å². The van der Waals surface area contributed by atoms with E-state index in [0.717, 1.165) is 22.3 Å². The molecule has 108 valence electrons. The van der Waals surface area contributed by atoms with Crippen LogP contribution in [0.5, 0.6) is 0 Å². The molecule has 1 aliphatic rings. The first-order valence-electron chi connectivity index (χ1n) is 6.88. The van der Waals surface area contributed by atoms with Gasteiger partial charge >= 0.3 is 0 Å². The molecule has 0 spiro atoms. The van der Waals surface area contributed by atoms with E-state index in [1.807, 2.05) is 12.1 Å². The summed E-state index contributed by atoms with van der Waals surface area (Å²) in [6.45, 7) is 5.59. The Hall–Kier alpha value is -0.550. The number of aromatic nitrogens is 2. The molecule has 1 aromatic carbocycles. The molecule has 3 nitrogen and oxygen atoms in total. The molecule has 6 heteroatoms. The van der Waals surface area contributed by atoms with Crippen LogP contribution in [0.3, 0.4) is 0 Å². The number of hydrogen-bond donors (Lipinski definition) is 1. The third-order valence-corrected chi connectivity index (χ3v) is 4.94. The Balaban J connectivity index is 1.99. The Kier molecular flexibility index (Phi) is 4.09. The van der Waals surface area contributed by atoms with Gasteiger partial charge in [-0.3, -0.25) is 0 Å². The number of nitrogens with zero attached hydrogens (tertiary/aromatic N) is 2. The molecule has 2 heterocycles. The summed E-state index contributed by atoms with van der Waals surface area (Å²) in [5, 5.41) is 1.12. The lowest BCUT2D eigenvalue weighted by Gasteiger charge is -2.22. The minimum absolute atomic E-state index is 0.312. The fraction of sp³-hybridized carbons (Fsp3) is 0.500. The molecule has 3 rings (SSSR count). The molecule has 0 saturated carbocycles. The normalized spacial score (nSPS) is 17.9. The van der Waals surface area contributed by atoms with Crippen LogP contribution in [-0.2, 0) is 0 Å². The van der Waals surface area contributed by atoms with Crippen molar-refractivity contribution in [3.63, 3.8) is 0 Å². The van der Waals surface area contributed by atoms with Gasteiger partial charge in [-0.25, -0.2) is 0 Å². The van der Waals surface area contributed by atoms with E-state index < -0.39 is 0 Å². The van der Waals surface area contributed by atoms with E-state index >= 15 is 0 Å². The van der Waals surface area contributed by atoms with Gasteiger partial charge in [0.05, 0.1) is 21.1 Å². The van der Waals surface area contributed by atoms with Crippen LogP contribution < -0.4 is 0 Å². The molecule has 20 heavy (non-hydrogen) atoms. The molecule has 0 amide bonds. The number of H-pyrrole nitrogens is 1. The van der Waals surface area contributed by atoms with Crippen molar-refractivity contribution >= 4 is 46.5 Å². The van der Waals surface area contributed by atoms with Gasteiger partial charge in [0, 0.05) is 12.6 Å². The summed E-state index contributed by atoms with van der Waals surface area (Å²) in [5.74, 6) is 0. The highest BCUT2D eigenvalue weighted by Gasteiger charge is 2.18. The Bertz CT molecular complexity index is 686. The van der Waals surface area contributed by atoms with Crippen molar-refractivity contribution in [3.8, 4) is 0 Å². The van der Waals surface area contributed by atoms with Crippen molar-refractivity contribution < 1.29 is 0 Å². The van der Waals surface area contributed by atoms with Crippen LogP contribution in [0.25, 0.3) is 11.0 Å². The smallest absolute Gasteiger partial charge is 0.178 e. The monoisotopic (exact) mass is 329 g/mol. The average Bonchev–Trinajstić information content (AvgIpc) is 2.97. The van der Waals surface area contributed by atoms with Crippen LogP contribution in [0.1, 0.15) is 25.8 Å². The van der Waals surface area contributed by atoms with Crippen molar-refractivity contribution in [2.75, 3.05) is 19.6 Å². The molecule has 1 atom stereocenters. The fourth-order valence-corrected chi connectivity index (χ4v) is 3.69. The zero-order chi connectivity index (χ0) is 14.3. The molecule has 0 aliphatic carbocycles. The third-order valence-electron chi connectivity index (χ3n) is 3.92. The topological polar surface area (TPSA) is 24.0 Å². The van der Waals surface area contributed by atoms with Crippen molar-refractivity contribution in [2.24, 2.45) is 0 Å². The van der Waals surface area contributed by atoms with E-state index in [4.69, 9.17) is 35.4 Å². The summed E-state index contributed by atoms with van der Waals surface area (Å²) >= 11 is 17.7. The summed E-state index contributed by atoms with van der Waals surface area (Å²) in [7, 11) is 0.